The standard InChI is InChI=1S/C9H11N3O2/c13-6-7(14)5-12-10-8-3-1-2-4-9(8)11-12/h1-4,7,13-14H,5-6H2. The molecule has 0 radical (unpaired) electrons. The lowest BCUT2D eigenvalue weighted by Gasteiger charge is -2.04. The van der Waals surface area contributed by atoms with Crippen molar-refractivity contribution in [1.82, 2.24) is 15.0 Å². The number of aliphatic hydroxyl groups excluding tert-OH is 2. The summed E-state index contributed by atoms with van der Waals surface area (Å²) in [5, 5.41) is 26.1. The molecule has 2 rings (SSSR count). The van der Waals surface area contributed by atoms with Crippen LogP contribution in [0.5, 0.6) is 0 Å². The molecule has 0 saturated heterocycles. The van der Waals surface area contributed by atoms with Crippen LogP contribution in [0.15, 0.2) is 24.3 Å². The molecule has 0 spiro atoms. The minimum atomic E-state index is -0.809. The third-order valence-electron chi connectivity index (χ3n) is 1.91. The first-order valence-electron chi connectivity index (χ1n) is 4.38. The highest BCUT2D eigenvalue weighted by Gasteiger charge is 2.06. The second-order valence-corrected chi connectivity index (χ2v) is 3.08. The molecule has 5 heteroatoms. The molecule has 5 nitrogen and oxygen atoms in total. The van der Waals surface area contributed by atoms with E-state index >= 15 is 0 Å². The summed E-state index contributed by atoms with van der Waals surface area (Å²) in [4.78, 5) is 1.39. The third-order valence-corrected chi connectivity index (χ3v) is 1.91. The monoisotopic (exact) mass is 193 g/mol. The molecule has 0 aliphatic heterocycles. The van der Waals surface area contributed by atoms with E-state index in [0.717, 1.165) is 11.0 Å². The Morgan fingerprint density at radius 3 is 2.29 bits per heavy atom. The fourth-order valence-electron chi connectivity index (χ4n) is 1.23. The van der Waals surface area contributed by atoms with E-state index in [1.165, 1.54) is 4.80 Å². The van der Waals surface area contributed by atoms with Crippen LogP contribution in [0.1, 0.15) is 0 Å². The van der Waals surface area contributed by atoms with E-state index in [2.05, 4.69) is 10.2 Å². The summed E-state index contributed by atoms with van der Waals surface area (Å²) < 4.78 is 0. The van der Waals surface area contributed by atoms with Gasteiger partial charge in [-0.3, -0.25) is 0 Å². The fraction of sp³-hybridized carbons (Fsp3) is 0.333. The van der Waals surface area contributed by atoms with E-state index in [1.54, 1.807) is 0 Å². The van der Waals surface area contributed by atoms with E-state index in [4.69, 9.17) is 5.11 Å². The van der Waals surface area contributed by atoms with Crippen molar-refractivity contribution in [3.05, 3.63) is 24.3 Å². The summed E-state index contributed by atoms with van der Waals surface area (Å²) in [6.07, 6.45) is -0.809. The fourth-order valence-corrected chi connectivity index (χ4v) is 1.23. The van der Waals surface area contributed by atoms with Crippen LogP contribution in [-0.4, -0.2) is 37.9 Å². The number of rotatable bonds is 3. The van der Waals surface area contributed by atoms with Crippen LogP contribution in [0.3, 0.4) is 0 Å². The van der Waals surface area contributed by atoms with Gasteiger partial charge in [-0.25, -0.2) is 0 Å². The predicted molar refractivity (Wildman–Crippen MR) is 50.6 cm³/mol. The SMILES string of the molecule is OCC(O)Cn1nc2ccccc2n1. The lowest BCUT2D eigenvalue weighted by atomic mass is 10.3. The topological polar surface area (TPSA) is 71.2 Å². The van der Waals surface area contributed by atoms with Crippen LogP contribution in [0.4, 0.5) is 0 Å². The van der Waals surface area contributed by atoms with Crippen LogP contribution >= 0.6 is 0 Å². The zero-order valence-electron chi connectivity index (χ0n) is 7.54. The molecule has 1 unspecified atom stereocenters. The lowest BCUT2D eigenvalue weighted by molar-refractivity contribution is 0.0749. The first-order chi connectivity index (χ1) is 6.79. The molecular weight excluding hydrogens is 182 g/mol. The van der Waals surface area contributed by atoms with Crippen LogP contribution in [0.25, 0.3) is 11.0 Å². The molecule has 2 N–H and O–H groups in total. The maximum absolute atomic E-state index is 9.19. The van der Waals surface area contributed by atoms with Crippen molar-refractivity contribution in [2.24, 2.45) is 0 Å². The summed E-state index contributed by atoms with van der Waals surface area (Å²) in [5.41, 5.74) is 1.58. The maximum Gasteiger partial charge on any atom is 0.113 e. The average molecular weight is 193 g/mol. The summed E-state index contributed by atoms with van der Waals surface area (Å²) in [6, 6.07) is 7.46. The number of aromatic nitrogens is 3. The van der Waals surface area contributed by atoms with Gasteiger partial charge in [-0.1, -0.05) is 12.1 Å². The smallest absolute Gasteiger partial charge is 0.113 e. The molecule has 0 bridgehead atoms. The predicted octanol–water partition coefficient (Wildman–Crippen LogP) is -0.216. The summed E-state index contributed by atoms with van der Waals surface area (Å²) in [6.45, 7) is -0.0664. The second-order valence-electron chi connectivity index (χ2n) is 3.08. The Balaban J connectivity index is 2.27. The number of hydrogen-bond acceptors (Lipinski definition) is 4. The first kappa shape index (κ1) is 9.11. The molecule has 1 aromatic carbocycles. The van der Waals surface area contributed by atoms with Gasteiger partial charge in [-0.15, -0.1) is 0 Å². The van der Waals surface area contributed by atoms with Crippen LogP contribution in [0.2, 0.25) is 0 Å². The van der Waals surface area contributed by atoms with E-state index in [0.29, 0.717) is 0 Å². The minimum Gasteiger partial charge on any atom is -0.394 e. The molecule has 0 aliphatic carbocycles. The number of fused-ring (bicyclic) bond motifs is 1. The first-order valence-corrected chi connectivity index (χ1v) is 4.38. The Hall–Kier alpha value is -1.46. The molecule has 0 amide bonds. The minimum absolute atomic E-state index is 0.213. The highest BCUT2D eigenvalue weighted by atomic mass is 16.3. The highest BCUT2D eigenvalue weighted by Crippen LogP contribution is 2.06. The molecule has 1 atom stereocenters. The van der Waals surface area contributed by atoms with Crippen LogP contribution in [-0.2, 0) is 6.54 Å². The van der Waals surface area contributed by atoms with Gasteiger partial charge in [0.25, 0.3) is 0 Å². The molecule has 0 fully saturated rings. The van der Waals surface area contributed by atoms with Gasteiger partial charge in [-0.2, -0.15) is 15.0 Å². The van der Waals surface area contributed by atoms with E-state index in [-0.39, 0.29) is 13.2 Å². The highest BCUT2D eigenvalue weighted by molar-refractivity contribution is 5.72. The van der Waals surface area contributed by atoms with Gasteiger partial charge in [0.15, 0.2) is 0 Å². The average Bonchev–Trinajstić information content (AvgIpc) is 2.59. The van der Waals surface area contributed by atoms with Gasteiger partial charge < -0.3 is 10.2 Å². The van der Waals surface area contributed by atoms with Crippen LogP contribution in [0, 0.1) is 0 Å². The molecule has 0 saturated carbocycles. The number of nitrogens with zero attached hydrogens (tertiary/aromatic N) is 3. The van der Waals surface area contributed by atoms with Crippen molar-refractivity contribution in [3.8, 4) is 0 Å². The molecule has 2 aromatic rings. The normalized spacial score (nSPS) is 13.3. The van der Waals surface area contributed by atoms with Crippen molar-refractivity contribution in [2.45, 2.75) is 12.6 Å². The van der Waals surface area contributed by atoms with E-state index in [9.17, 15) is 5.11 Å². The van der Waals surface area contributed by atoms with Crippen LogP contribution < -0.4 is 0 Å². The second kappa shape index (κ2) is 3.73. The zero-order chi connectivity index (χ0) is 9.97. The summed E-state index contributed by atoms with van der Waals surface area (Å²) >= 11 is 0. The Morgan fingerprint density at radius 1 is 1.21 bits per heavy atom. The van der Waals surface area contributed by atoms with E-state index < -0.39 is 6.10 Å². The Labute approximate surface area is 80.6 Å². The quantitative estimate of drug-likeness (QED) is 0.707. The van der Waals surface area contributed by atoms with Gasteiger partial charge in [0.05, 0.1) is 19.3 Å². The molecular formula is C9H11N3O2. The Morgan fingerprint density at radius 2 is 1.79 bits per heavy atom. The van der Waals surface area contributed by atoms with Crippen molar-refractivity contribution in [1.29, 1.82) is 0 Å². The summed E-state index contributed by atoms with van der Waals surface area (Å²) in [7, 11) is 0. The lowest BCUT2D eigenvalue weighted by Crippen LogP contribution is -2.21. The van der Waals surface area contributed by atoms with E-state index in [1.807, 2.05) is 24.3 Å². The molecule has 14 heavy (non-hydrogen) atoms. The largest absolute Gasteiger partial charge is 0.394 e. The van der Waals surface area contributed by atoms with Gasteiger partial charge >= 0.3 is 0 Å². The molecule has 1 heterocycles. The van der Waals surface area contributed by atoms with Gasteiger partial charge in [-0.05, 0) is 12.1 Å². The molecule has 74 valence electrons. The Bertz CT molecular complexity index is 394. The zero-order valence-corrected chi connectivity index (χ0v) is 7.54. The number of hydrogen-bond donors (Lipinski definition) is 2. The van der Waals surface area contributed by atoms with Crippen molar-refractivity contribution < 1.29 is 10.2 Å². The number of benzene rings is 1. The maximum atomic E-state index is 9.19. The molecule has 0 aliphatic rings. The van der Waals surface area contributed by atoms with Gasteiger partial charge in [0, 0.05) is 0 Å². The van der Waals surface area contributed by atoms with Crippen molar-refractivity contribution in [3.63, 3.8) is 0 Å². The Kier molecular flexibility index (Phi) is 2.43. The van der Waals surface area contributed by atoms with Crippen molar-refractivity contribution in [2.75, 3.05) is 6.61 Å². The van der Waals surface area contributed by atoms with Crippen molar-refractivity contribution >= 4 is 11.0 Å². The number of aliphatic hydroxyl groups is 2. The van der Waals surface area contributed by atoms with Gasteiger partial charge in [0.1, 0.15) is 11.0 Å². The third kappa shape index (κ3) is 1.73. The molecule has 1 aromatic heterocycles. The summed E-state index contributed by atoms with van der Waals surface area (Å²) in [5.74, 6) is 0. The van der Waals surface area contributed by atoms with Gasteiger partial charge in [0.2, 0.25) is 0 Å².